The fourth-order valence-electron chi connectivity index (χ4n) is 3.41. The van der Waals surface area contributed by atoms with E-state index < -0.39 is 0 Å². The molecular formula is C16H25N3. The third-order valence-electron chi connectivity index (χ3n) is 4.92. The average Bonchev–Trinajstić information content (AvgIpc) is 2.99. The summed E-state index contributed by atoms with van der Waals surface area (Å²) >= 11 is 0. The zero-order valence-electron chi connectivity index (χ0n) is 12.6. The molecule has 1 saturated carbocycles. The molecule has 1 heterocycles. The van der Waals surface area contributed by atoms with Gasteiger partial charge in [-0.25, -0.2) is 9.97 Å². The Hall–Kier alpha value is -0.960. The molecule has 3 heteroatoms. The Morgan fingerprint density at radius 3 is 2.68 bits per heavy atom. The number of aryl methyl sites for hydroxylation is 2. The van der Waals surface area contributed by atoms with Crippen LogP contribution in [0.4, 0.5) is 0 Å². The van der Waals surface area contributed by atoms with Gasteiger partial charge in [0.1, 0.15) is 5.82 Å². The van der Waals surface area contributed by atoms with Crippen molar-refractivity contribution in [3.63, 3.8) is 0 Å². The van der Waals surface area contributed by atoms with Crippen LogP contribution in [0.1, 0.15) is 55.4 Å². The molecule has 1 fully saturated rings. The van der Waals surface area contributed by atoms with Crippen molar-refractivity contribution < 1.29 is 0 Å². The Morgan fingerprint density at radius 2 is 2.05 bits per heavy atom. The van der Waals surface area contributed by atoms with Crippen LogP contribution >= 0.6 is 0 Å². The SMILES string of the molecule is CNCC1CCc2nc(C3CC3(C)C)nc(C)c2C1. The average molecular weight is 259 g/mol. The molecule has 0 radical (unpaired) electrons. The predicted octanol–water partition coefficient (Wildman–Crippen LogP) is 2.62. The van der Waals surface area contributed by atoms with E-state index in [1.807, 2.05) is 7.05 Å². The molecule has 3 nitrogen and oxygen atoms in total. The molecular weight excluding hydrogens is 234 g/mol. The minimum absolute atomic E-state index is 0.421. The zero-order chi connectivity index (χ0) is 13.6. The molecule has 2 unspecified atom stereocenters. The van der Waals surface area contributed by atoms with Gasteiger partial charge in [-0.1, -0.05) is 13.8 Å². The Bertz CT molecular complexity index is 493. The summed E-state index contributed by atoms with van der Waals surface area (Å²) in [6, 6.07) is 0. The topological polar surface area (TPSA) is 37.8 Å². The highest BCUT2D eigenvalue weighted by Gasteiger charge is 2.48. The molecule has 0 spiro atoms. The van der Waals surface area contributed by atoms with E-state index in [9.17, 15) is 0 Å². The van der Waals surface area contributed by atoms with Gasteiger partial charge in [-0.05, 0) is 63.1 Å². The van der Waals surface area contributed by atoms with Gasteiger partial charge in [0, 0.05) is 17.3 Å². The van der Waals surface area contributed by atoms with E-state index in [0.29, 0.717) is 11.3 Å². The molecule has 1 aromatic heterocycles. The van der Waals surface area contributed by atoms with E-state index in [1.165, 1.54) is 29.8 Å². The molecule has 0 aliphatic heterocycles. The third kappa shape index (κ3) is 2.40. The number of nitrogens with one attached hydrogen (secondary N) is 1. The van der Waals surface area contributed by atoms with Gasteiger partial charge in [0.05, 0.1) is 0 Å². The molecule has 0 aromatic carbocycles. The lowest BCUT2D eigenvalue weighted by molar-refractivity contribution is 0.431. The molecule has 3 rings (SSSR count). The van der Waals surface area contributed by atoms with Crippen molar-refractivity contribution in [1.82, 2.24) is 15.3 Å². The lowest BCUT2D eigenvalue weighted by Gasteiger charge is -2.25. The second-order valence-corrected chi connectivity index (χ2v) is 7.00. The standard InChI is InChI=1S/C16H25N3/c1-10-12-7-11(9-17-4)5-6-14(12)19-15(18-10)13-8-16(13,2)3/h11,13,17H,5-9H2,1-4H3. The van der Waals surface area contributed by atoms with Crippen LogP contribution in [0, 0.1) is 18.3 Å². The van der Waals surface area contributed by atoms with Gasteiger partial charge in [0.25, 0.3) is 0 Å². The van der Waals surface area contributed by atoms with E-state index in [4.69, 9.17) is 9.97 Å². The van der Waals surface area contributed by atoms with Crippen molar-refractivity contribution in [2.75, 3.05) is 13.6 Å². The summed E-state index contributed by atoms with van der Waals surface area (Å²) in [6.07, 6.45) is 4.78. The van der Waals surface area contributed by atoms with E-state index in [-0.39, 0.29) is 0 Å². The maximum absolute atomic E-state index is 4.89. The molecule has 0 saturated heterocycles. The van der Waals surface area contributed by atoms with Crippen molar-refractivity contribution in [1.29, 1.82) is 0 Å². The van der Waals surface area contributed by atoms with E-state index in [2.05, 4.69) is 26.1 Å². The summed E-state index contributed by atoms with van der Waals surface area (Å²) in [7, 11) is 2.04. The number of nitrogens with zero attached hydrogens (tertiary/aromatic N) is 2. The zero-order valence-corrected chi connectivity index (χ0v) is 12.6. The van der Waals surface area contributed by atoms with Crippen LogP contribution < -0.4 is 5.32 Å². The van der Waals surface area contributed by atoms with E-state index >= 15 is 0 Å². The largest absolute Gasteiger partial charge is 0.319 e. The monoisotopic (exact) mass is 259 g/mol. The number of hydrogen-bond acceptors (Lipinski definition) is 3. The summed E-state index contributed by atoms with van der Waals surface area (Å²) < 4.78 is 0. The van der Waals surface area contributed by atoms with Crippen LogP contribution in [0.3, 0.4) is 0 Å². The Kier molecular flexibility index (Phi) is 3.12. The van der Waals surface area contributed by atoms with Crippen molar-refractivity contribution in [3.8, 4) is 0 Å². The molecule has 0 amide bonds. The first-order chi connectivity index (χ1) is 9.01. The van der Waals surface area contributed by atoms with Gasteiger partial charge < -0.3 is 5.32 Å². The van der Waals surface area contributed by atoms with Crippen molar-refractivity contribution in [2.45, 2.75) is 52.4 Å². The first-order valence-electron chi connectivity index (χ1n) is 7.52. The van der Waals surface area contributed by atoms with Crippen LogP contribution in [0.25, 0.3) is 0 Å². The first-order valence-corrected chi connectivity index (χ1v) is 7.52. The lowest BCUT2D eigenvalue weighted by atomic mass is 9.85. The van der Waals surface area contributed by atoms with Gasteiger partial charge in [0.15, 0.2) is 0 Å². The van der Waals surface area contributed by atoms with Gasteiger partial charge in [0.2, 0.25) is 0 Å². The summed E-state index contributed by atoms with van der Waals surface area (Å²) in [5.41, 5.74) is 4.40. The summed E-state index contributed by atoms with van der Waals surface area (Å²) in [4.78, 5) is 9.70. The number of aromatic nitrogens is 2. The molecule has 1 N–H and O–H groups in total. The maximum Gasteiger partial charge on any atom is 0.132 e. The highest BCUT2D eigenvalue weighted by atomic mass is 14.9. The van der Waals surface area contributed by atoms with Crippen LogP contribution in [0.15, 0.2) is 0 Å². The quantitative estimate of drug-likeness (QED) is 0.906. The van der Waals surface area contributed by atoms with Crippen LogP contribution in [0.2, 0.25) is 0 Å². The predicted molar refractivity (Wildman–Crippen MR) is 77.3 cm³/mol. The molecule has 2 aliphatic rings. The fourth-order valence-corrected chi connectivity index (χ4v) is 3.41. The normalized spacial score (nSPS) is 28.0. The smallest absolute Gasteiger partial charge is 0.132 e. The summed E-state index contributed by atoms with van der Waals surface area (Å²) in [5.74, 6) is 2.45. The Morgan fingerprint density at radius 1 is 1.32 bits per heavy atom. The molecule has 0 bridgehead atoms. The van der Waals surface area contributed by atoms with Gasteiger partial charge in [-0.2, -0.15) is 0 Å². The second-order valence-electron chi connectivity index (χ2n) is 7.00. The van der Waals surface area contributed by atoms with Crippen LogP contribution in [-0.2, 0) is 12.8 Å². The summed E-state index contributed by atoms with van der Waals surface area (Å²) in [6.45, 7) is 7.91. The molecule has 1 aromatic rings. The highest BCUT2D eigenvalue weighted by molar-refractivity contribution is 5.30. The number of fused-ring (bicyclic) bond motifs is 1. The molecule has 104 valence electrons. The highest BCUT2D eigenvalue weighted by Crippen LogP contribution is 2.57. The Balaban J connectivity index is 1.86. The van der Waals surface area contributed by atoms with E-state index in [0.717, 1.165) is 31.1 Å². The first kappa shape index (κ1) is 13.0. The van der Waals surface area contributed by atoms with Gasteiger partial charge in [-0.3, -0.25) is 0 Å². The molecule has 2 atom stereocenters. The third-order valence-corrected chi connectivity index (χ3v) is 4.92. The molecule has 2 aliphatic carbocycles. The van der Waals surface area contributed by atoms with Crippen molar-refractivity contribution in [3.05, 3.63) is 22.8 Å². The van der Waals surface area contributed by atoms with Crippen molar-refractivity contribution in [2.24, 2.45) is 11.3 Å². The minimum atomic E-state index is 0.421. The second kappa shape index (κ2) is 4.55. The summed E-state index contributed by atoms with van der Waals surface area (Å²) in [5, 5.41) is 3.30. The van der Waals surface area contributed by atoms with Crippen LogP contribution in [0.5, 0.6) is 0 Å². The van der Waals surface area contributed by atoms with Gasteiger partial charge in [-0.15, -0.1) is 0 Å². The van der Waals surface area contributed by atoms with Crippen LogP contribution in [-0.4, -0.2) is 23.6 Å². The lowest BCUT2D eigenvalue weighted by Crippen LogP contribution is -2.26. The fraction of sp³-hybridized carbons (Fsp3) is 0.750. The minimum Gasteiger partial charge on any atom is -0.319 e. The maximum atomic E-state index is 4.89. The van der Waals surface area contributed by atoms with Gasteiger partial charge >= 0.3 is 0 Å². The molecule has 19 heavy (non-hydrogen) atoms. The Labute approximate surface area is 116 Å². The number of rotatable bonds is 3. The van der Waals surface area contributed by atoms with E-state index in [1.54, 1.807) is 0 Å². The number of hydrogen-bond donors (Lipinski definition) is 1. The van der Waals surface area contributed by atoms with Crippen molar-refractivity contribution >= 4 is 0 Å².